The number of benzene rings is 2. The first-order valence-corrected chi connectivity index (χ1v) is 9.65. The highest BCUT2D eigenvalue weighted by atomic mass is 35.5. The molecule has 0 bridgehead atoms. The van der Waals surface area contributed by atoms with Gasteiger partial charge in [0.2, 0.25) is 5.78 Å². The minimum Gasteiger partial charge on any atom is -0.369 e. The second kappa shape index (κ2) is 9.28. The third-order valence-corrected chi connectivity index (χ3v) is 5.35. The minimum absolute atomic E-state index is 0. The van der Waals surface area contributed by atoms with Crippen molar-refractivity contribution < 1.29 is 9.18 Å². The average Bonchev–Trinajstić information content (AvgIpc) is 3.09. The number of hydrogen-bond acceptors (Lipinski definition) is 4. The number of rotatable bonds is 5. The van der Waals surface area contributed by atoms with E-state index in [0.717, 1.165) is 26.2 Å². The number of aromatic amines is 2. The van der Waals surface area contributed by atoms with Crippen molar-refractivity contribution >= 4 is 23.9 Å². The molecule has 2 heterocycles. The number of nitrogens with one attached hydrogen (secondary N) is 2. The van der Waals surface area contributed by atoms with E-state index in [-0.39, 0.29) is 23.9 Å². The van der Waals surface area contributed by atoms with Crippen molar-refractivity contribution in [1.82, 2.24) is 14.9 Å². The van der Waals surface area contributed by atoms with Crippen LogP contribution in [0.25, 0.3) is 0 Å². The Morgan fingerprint density at radius 2 is 1.67 bits per heavy atom. The van der Waals surface area contributed by atoms with E-state index in [1.807, 2.05) is 12.1 Å². The number of H-pyrrole nitrogens is 2. The summed E-state index contributed by atoms with van der Waals surface area (Å²) in [5.41, 5.74) is 3.23. The summed E-state index contributed by atoms with van der Waals surface area (Å²) in [6.07, 6.45) is 0. The molecule has 4 rings (SSSR count). The Hall–Kier alpha value is -2.90. The Balaban J connectivity index is 0.00000256. The van der Waals surface area contributed by atoms with Crippen LogP contribution in [0, 0.1) is 12.7 Å². The zero-order valence-electron chi connectivity index (χ0n) is 16.7. The number of halogens is 2. The van der Waals surface area contributed by atoms with Crippen molar-refractivity contribution in [2.75, 3.05) is 31.1 Å². The molecule has 1 aliphatic rings. The van der Waals surface area contributed by atoms with Crippen LogP contribution >= 0.6 is 12.4 Å². The molecule has 158 valence electrons. The molecule has 1 aliphatic heterocycles. The van der Waals surface area contributed by atoms with Crippen molar-refractivity contribution in [3.63, 3.8) is 0 Å². The number of aromatic nitrogens is 2. The monoisotopic (exact) mass is 430 g/mol. The summed E-state index contributed by atoms with van der Waals surface area (Å²) in [5.74, 6) is -0.729. The first-order valence-electron chi connectivity index (χ1n) is 9.65. The van der Waals surface area contributed by atoms with Crippen LogP contribution < -0.4 is 10.6 Å². The molecule has 0 amide bonds. The molecule has 0 unspecified atom stereocenters. The topological polar surface area (TPSA) is 72.2 Å². The maximum atomic E-state index is 13.1. The highest BCUT2D eigenvalue weighted by Gasteiger charge is 2.22. The van der Waals surface area contributed by atoms with Gasteiger partial charge in [-0.25, -0.2) is 9.18 Å². The van der Waals surface area contributed by atoms with Gasteiger partial charge in [-0.2, -0.15) is 0 Å². The maximum Gasteiger partial charge on any atom is 0.323 e. The van der Waals surface area contributed by atoms with Crippen molar-refractivity contribution in [3.8, 4) is 0 Å². The second-order valence-electron chi connectivity index (χ2n) is 7.32. The van der Waals surface area contributed by atoms with Crippen LogP contribution in [-0.4, -0.2) is 46.8 Å². The van der Waals surface area contributed by atoms with Crippen LogP contribution in [0.15, 0.2) is 53.3 Å². The molecular formula is C22H24ClFN4O2. The smallest absolute Gasteiger partial charge is 0.323 e. The summed E-state index contributed by atoms with van der Waals surface area (Å²) in [4.78, 5) is 34.6. The number of hydrogen-bond donors (Lipinski definition) is 2. The minimum atomic E-state index is -0.413. The maximum absolute atomic E-state index is 13.1. The first kappa shape index (κ1) is 21.8. The SMILES string of the molecule is Cc1ccccc1N1CCN(Cc2[nH]c(=O)[nH]c2C(=O)c2ccc(F)cc2)CC1.Cl. The van der Waals surface area contributed by atoms with Crippen molar-refractivity contribution in [2.24, 2.45) is 0 Å². The number of carbonyl (C=O) groups is 1. The lowest BCUT2D eigenvalue weighted by Gasteiger charge is -2.36. The van der Waals surface area contributed by atoms with E-state index in [1.165, 1.54) is 35.5 Å². The van der Waals surface area contributed by atoms with Gasteiger partial charge in [-0.05, 0) is 42.8 Å². The molecule has 6 nitrogen and oxygen atoms in total. The quantitative estimate of drug-likeness (QED) is 0.610. The summed E-state index contributed by atoms with van der Waals surface area (Å²) in [5, 5.41) is 0. The van der Waals surface area contributed by atoms with Crippen molar-refractivity contribution in [2.45, 2.75) is 13.5 Å². The zero-order valence-corrected chi connectivity index (χ0v) is 17.5. The predicted octanol–water partition coefficient (Wildman–Crippen LogP) is 3.13. The molecule has 3 aromatic rings. The van der Waals surface area contributed by atoms with Gasteiger partial charge in [-0.15, -0.1) is 12.4 Å². The van der Waals surface area contributed by atoms with E-state index in [0.29, 0.717) is 17.8 Å². The number of anilines is 1. The second-order valence-corrected chi connectivity index (χ2v) is 7.32. The van der Waals surface area contributed by atoms with E-state index < -0.39 is 11.5 Å². The van der Waals surface area contributed by atoms with E-state index in [2.05, 4.69) is 38.8 Å². The molecule has 1 aromatic heterocycles. The largest absolute Gasteiger partial charge is 0.369 e. The molecule has 0 atom stereocenters. The van der Waals surface area contributed by atoms with Gasteiger partial charge >= 0.3 is 5.69 Å². The molecule has 30 heavy (non-hydrogen) atoms. The molecule has 1 fully saturated rings. The summed E-state index contributed by atoms with van der Waals surface area (Å²) < 4.78 is 13.1. The van der Waals surface area contributed by atoms with Crippen LogP contribution in [0.3, 0.4) is 0 Å². The number of nitrogens with zero attached hydrogens (tertiary/aromatic N) is 2. The Morgan fingerprint density at radius 1 is 1.00 bits per heavy atom. The molecular weight excluding hydrogens is 407 g/mol. The fourth-order valence-electron chi connectivity index (χ4n) is 3.77. The number of imidazole rings is 1. The molecule has 2 N–H and O–H groups in total. The van der Waals surface area contributed by atoms with E-state index in [4.69, 9.17) is 0 Å². The average molecular weight is 431 g/mol. The Bertz CT molecular complexity index is 1070. The molecule has 0 spiro atoms. The summed E-state index contributed by atoms with van der Waals surface area (Å²) >= 11 is 0. The summed E-state index contributed by atoms with van der Waals surface area (Å²) in [7, 11) is 0. The van der Waals surface area contributed by atoms with E-state index >= 15 is 0 Å². The number of aryl methyl sites for hydroxylation is 1. The zero-order chi connectivity index (χ0) is 20.4. The molecule has 8 heteroatoms. The molecule has 1 saturated heterocycles. The lowest BCUT2D eigenvalue weighted by molar-refractivity contribution is 0.103. The third kappa shape index (κ3) is 4.63. The normalized spacial score (nSPS) is 14.4. The number of para-hydroxylation sites is 1. The van der Waals surface area contributed by atoms with Gasteiger partial charge in [0.1, 0.15) is 11.5 Å². The van der Waals surface area contributed by atoms with Gasteiger partial charge in [-0.1, -0.05) is 18.2 Å². The molecule has 2 aromatic carbocycles. The van der Waals surface area contributed by atoms with Crippen LogP contribution in [-0.2, 0) is 6.54 Å². The number of piperazine rings is 1. The van der Waals surface area contributed by atoms with Crippen molar-refractivity contribution in [3.05, 3.63) is 87.3 Å². The fraction of sp³-hybridized carbons (Fsp3) is 0.273. The van der Waals surface area contributed by atoms with Gasteiger partial charge < -0.3 is 14.9 Å². The summed E-state index contributed by atoms with van der Waals surface area (Å²) in [6.45, 7) is 5.99. The molecule has 0 aliphatic carbocycles. The lowest BCUT2D eigenvalue weighted by Crippen LogP contribution is -2.46. The predicted molar refractivity (Wildman–Crippen MR) is 117 cm³/mol. The standard InChI is InChI=1S/C22H23FN4O2.ClH/c1-15-4-2-3-5-19(15)27-12-10-26(11-13-27)14-18-20(25-22(29)24-18)21(28)16-6-8-17(23)9-7-16;/h2-9H,10-14H2,1H3,(H2,24,25,29);1H. The Kier molecular flexibility index (Phi) is 6.74. The molecule has 0 saturated carbocycles. The molecule has 0 radical (unpaired) electrons. The van der Waals surface area contributed by atoms with E-state index in [9.17, 15) is 14.0 Å². The number of carbonyl (C=O) groups excluding carboxylic acids is 1. The van der Waals surface area contributed by atoms with Crippen LogP contribution in [0.2, 0.25) is 0 Å². The number of ketones is 1. The van der Waals surface area contributed by atoms with Crippen LogP contribution in [0.4, 0.5) is 10.1 Å². The Labute approximate surface area is 180 Å². The lowest BCUT2D eigenvalue weighted by atomic mass is 10.1. The van der Waals surface area contributed by atoms with Crippen LogP contribution in [0.5, 0.6) is 0 Å². The highest BCUT2D eigenvalue weighted by Crippen LogP contribution is 2.21. The van der Waals surface area contributed by atoms with Gasteiger partial charge in [0.05, 0.1) is 5.69 Å². The first-order chi connectivity index (χ1) is 14.0. The summed E-state index contributed by atoms with van der Waals surface area (Å²) in [6, 6.07) is 13.7. The van der Waals surface area contributed by atoms with Crippen molar-refractivity contribution in [1.29, 1.82) is 0 Å². The Morgan fingerprint density at radius 3 is 2.33 bits per heavy atom. The van der Waals surface area contributed by atoms with Gasteiger partial charge in [0, 0.05) is 44.0 Å². The van der Waals surface area contributed by atoms with Gasteiger partial charge in [-0.3, -0.25) is 9.69 Å². The highest BCUT2D eigenvalue weighted by molar-refractivity contribution is 6.08. The van der Waals surface area contributed by atoms with E-state index in [1.54, 1.807) is 0 Å². The fourth-order valence-corrected chi connectivity index (χ4v) is 3.77. The van der Waals surface area contributed by atoms with Gasteiger partial charge in [0.25, 0.3) is 0 Å². The third-order valence-electron chi connectivity index (χ3n) is 5.35. The van der Waals surface area contributed by atoms with Crippen LogP contribution in [0.1, 0.15) is 27.3 Å². The van der Waals surface area contributed by atoms with Gasteiger partial charge in [0.15, 0.2) is 0 Å².